The molecule has 27 heteroatoms. The van der Waals surface area contributed by atoms with E-state index >= 15 is 0 Å². The molecule has 0 saturated carbocycles. The van der Waals surface area contributed by atoms with Crippen molar-refractivity contribution in [1.82, 2.24) is 104 Å². The molecule has 15 N–H and O–H groups in total. The maximum absolute atomic E-state index is 13.5. The molecule has 0 spiro atoms. The van der Waals surface area contributed by atoms with Crippen molar-refractivity contribution in [2.75, 3.05) is 220 Å². The minimum absolute atomic E-state index is 0.00933. The number of nitrogens with one attached hydrogen (secondary N) is 15. The quantitative estimate of drug-likeness (QED) is 0.0384. The molecule has 1 heterocycles. The van der Waals surface area contributed by atoms with Crippen LogP contribution in [0.25, 0.3) is 0 Å². The number of nitrogens with zero attached hydrogens (tertiary/aromatic N) is 5. The molecule has 1 fully saturated rings. The van der Waals surface area contributed by atoms with E-state index < -0.39 is 0 Å². The predicted molar refractivity (Wildman–Crippen MR) is 422 cm³/mol. The number of carbonyl (C=O) groups is 7. The zero-order valence-corrected chi connectivity index (χ0v) is 67.8. The van der Waals surface area contributed by atoms with Crippen LogP contribution in [0, 0.1) is 0 Å². The van der Waals surface area contributed by atoms with Crippen LogP contribution in [0.1, 0.15) is 178 Å². The van der Waals surface area contributed by atoms with Crippen molar-refractivity contribution >= 4 is 41.1 Å². The molecule has 1 aliphatic rings. The van der Waals surface area contributed by atoms with Gasteiger partial charge in [-0.15, -0.1) is 0 Å². The molecule has 598 valence electrons. The molecule has 101 heavy (non-hydrogen) atoms. The number of carbonyl (C=O) groups excluding carboxylic acids is 7. The highest BCUT2D eigenvalue weighted by molar-refractivity contribution is 5.91. The van der Waals surface area contributed by atoms with Gasteiger partial charge in [-0.2, -0.15) is 0 Å². The highest BCUT2D eigenvalue weighted by Gasteiger charge is 2.28. The predicted octanol–water partition coefficient (Wildman–Crippen LogP) is 1.53. The molecule has 0 aromatic carbocycles. The number of unbranched alkanes of at least 4 members (excludes halogenated alkanes) is 5. The Morgan fingerprint density at radius 2 is 0.733 bits per heavy atom. The number of ketones is 2. The average molecular weight is 1440 g/mol. The van der Waals surface area contributed by atoms with E-state index in [4.69, 9.17) is 0 Å². The van der Waals surface area contributed by atoms with Gasteiger partial charge in [-0.25, -0.2) is 0 Å². The third-order valence-corrected chi connectivity index (χ3v) is 18.7. The smallest absolute Gasteiger partial charge is 0.241 e. The van der Waals surface area contributed by atoms with Gasteiger partial charge in [-0.05, 0) is 212 Å². The van der Waals surface area contributed by atoms with E-state index in [1.165, 1.54) is 0 Å². The van der Waals surface area contributed by atoms with Crippen molar-refractivity contribution in [3.05, 3.63) is 0 Å². The Morgan fingerprint density at radius 3 is 1.07 bits per heavy atom. The molecular weight excluding hydrogens is 1280 g/mol. The van der Waals surface area contributed by atoms with Gasteiger partial charge in [0.25, 0.3) is 0 Å². The zero-order valence-electron chi connectivity index (χ0n) is 67.8. The fourth-order valence-corrected chi connectivity index (χ4v) is 11.5. The standard InChI is InChI=1S/C28H61N9O3.C20H44N6O.C20H42N4O2.C6H13NO/c1-29-16-10-7-13-23(32-4)26(38)35-19-21-37(28(40)25(34-6)15-9-12-18-31-3)22-20-36-27(39)24(33-5)14-8-11-17-30-2;1-6-22-18-19(21-5)20(27)26-16-14-24(8-3)12-10-23(7-2)11-13-25(9-4)15-17-26;1-5-19(25)17(13-9-11-15-21-6-2)24-20(26)18(23-8-4)14-10-12-16-22-7-3;1-4-6(8)5(2)7-3/h23-25,29-34H,7-22H2,1-6H3,(H,35,38)(H,36,39);19,21-22H,6-18H2,1-5H3;17-18,21-23H,5-16H2,1-4H3,(H,24,26);5,7H,4H2,1-3H3. The van der Waals surface area contributed by atoms with Crippen LogP contribution in [-0.2, 0) is 33.6 Å². The first-order chi connectivity index (χ1) is 48.8. The van der Waals surface area contributed by atoms with E-state index in [1.54, 1.807) is 33.1 Å². The number of hydrogen-bond acceptors (Lipinski definition) is 22. The van der Waals surface area contributed by atoms with Crippen LogP contribution in [0.4, 0.5) is 0 Å². The van der Waals surface area contributed by atoms with E-state index in [2.05, 4.69) is 141 Å². The second-order valence-corrected chi connectivity index (χ2v) is 26.0. The average Bonchev–Trinajstić information content (AvgIpc) is 0.908. The van der Waals surface area contributed by atoms with E-state index in [1.807, 2.05) is 55.9 Å². The van der Waals surface area contributed by atoms with Crippen molar-refractivity contribution in [3.8, 4) is 0 Å². The number of hydrogen-bond donors (Lipinski definition) is 15. The van der Waals surface area contributed by atoms with Crippen molar-refractivity contribution in [1.29, 1.82) is 0 Å². The minimum atomic E-state index is -0.350. The third kappa shape index (κ3) is 52.7. The Labute approximate surface area is 617 Å². The van der Waals surface area contributed by atoms with Gasteiger partial charge in [0, 0.05) is 97.9 Å². The topological polar surface area (TPSA) is 316 Å². The first kappa shape index (κ1) is 101. The van der Waals surface area contributed by atoms with Crippen LogP contribution in [0.15, 0.2) is 0 Å². The zero-order chi connectivity index (χ0) is 76.3. The van der Waals surface area contributed by atoms with Crippen LogP contribution < -0.4 is 79.8 Å². The molecule has 1 saturated heterocycles. The van der Waals surface area contributed by atoms with Crippen LogP contribution in [0.2, 0.25) is 0 Å². The van der Waals surface area contributed by atoms with Gasteiger partial charge < -0.3 is 104 Å². The lowest BCUT2D eigenvalue weighted by Gasteiger charge is -2.34. The van der Waals surface area contributed by atoms with Crippen LogP contribution in [0.3, 0.4) is 0 Å². The summed E-state index contributed by atoms with van der Waals surface area (Å²) in [5.41, 5.74) is 0. The molecule has 0 aliphatic carbocycles. The second kappa shape index (κ2) is 71.7. The van der Waals surface area contributed by atoms with Crippen LogP contribution >= 0.6 is 0 Å². The van der Waals surface area contributed by atoms with Gasteiger partial charge in [-0.3, -0.25) is 33.6 Å². The summed E-state index contributed by atoms with van der Waals surface area (Å²) >= 11 is 0. The Balaban J connectivity index is -0.00000138. The monoisotopic (exact) mass is 1440 g/mol. The van der Waals surface area contributed by atoms with Gasteiger partial charge in [0.1, 0.15) is 5.78 Å². The molecule has 0 bridgehead atoms. The summed E-state index contributed by atoms with van der Waals surface area (Å²) in [7, 11) is 14.8. The lowest BCUT2D eigenvalue weighted by atomic mass is 10.0. The van der Waals surface area contributed by atoms with Crippen molar-refractivity contribution in [2.45, 2.75) is 221 Å². The summed E-state index contributed by atoms with van der Waals surface area (Å²) in [6, 6.07) is -1.52. The van der Waals surface area contributed by atoms with Crippen molar-refractivity contribution in [3.63, 3.8) is 0 Å². The van der Waals surface area contributed by atoms with E-state index in [9.17, 15) is 33.6 Å². The SMILES string of the molecule is CCC(=O)C(C)NC.CCNCC(NC)C(=O)N1CCN(CC)CCN(CC)CCN(CC)CC1.CCNCCCCC(NC(=O)C(CCCCNCC)NCC)C(=O)CC.CNCCCCC(NC)C(=O)NCCN(CCNC(=O)C(CCCCNC)NC)C(=O)C(CCCCNC)NC. The van der Waals surface area contributed by atoms with Gasteiger partial charge in [-0.1, -0.05) is 88.0 Å². The summed E-state index contributed by atoms with van der Waals surface area (Å²) in [5.74, 6) is 0.466. The lowest BCUT2D eigenvalue weighted by molar-refractivity contribution is -0.134. The molecule has 7 atom stereocenters. The minimum Gasteiger partial charge on any atom is -0.353 e. The largest absolute Gasteiger partial charge is 0.353 e. The second-order valence-electron chi connectivity index (χ2n) is 26.0. The number of Topliss-reactive ketones (excluding diaryl/α,β-unsaturated/α-hetero) is 2. The fourth-order valence-electron chi connectivity index (χ4n) is 11.5. The Bertz CT molecular complexity index is 1930. The summed E-state index contributed by atoms with van der Waals surface area (Å²) in [5, 5.41) is 47.0. The number of rotatable bonds is 56. The van der Waals surface area contributed by atoms with Gasteiger partial charge in [0.15, 0.2) is 5.78 Å². The Morgan fingerprint density at radius 1 is 0.366 bits per heavy atom. The lowest BCUT2D eigenvalue weighted by Crippen LogP contribution is -2.54. The molecule has 27 nitrogen and oxygen atoms in total. The maximum Gasteiger partial charge on any atom is 0.241 e. The molecule has 1 rings (SSSR count). The fraction of sp³-hybridized carbons (Fsp3) is 0.905. The summed E-state index contributed by atoms with van der Waals surface area (Å²) in [6.45, 7) is 42.0. The molecule has 0 aromatic heterocycles. The number of amides is 5. The summed E-state index contributed by atoms with van der Waals surface area (Å²) in [6.07, 6.45) is 14.7. The summed E-state index contributed by atoms with van der Waals surface area (Å²) in [4.78, 5) is 98.9. The first-order valence-electron chi connectivity index (χ1n) is 39.6. The number of likely N-dealkylation sites (N-methyl/N-ethyl adjacent to an activating group) is 10. The molecule has 7 unspecified atom stereocenters. The van der Waals surface area contributed by atoms with E-state index in [0.29, 0.717) is 45.6 Å². The molecule has 5 amide bonds. The molecular formula is C74H160N20O7. The van der Waals surface area contributed by atoms with E-state index in [0.717, 1.165) is 227 Å². The van der Waals surface area contributed by atoms with E-state index in [-0.39, 0.29) is 83.4 Å². The van der Waals surface area contributed by atoms with Crippen molar-refractivity contribution in [2.24, 2.45) is 0 Å². The van der Waals surface area contributed by atoms with Gasteiger partial charge in [0.2, 0.25) is 29.5 Å². The van der Waals surface area contributed by atoms with Gasteiger partial charge in [0.05, 0.1) is 42.3 Å². The highest BCUT2D eigenvalue weighted by Crippen LogP contribution is 2.10. The highest BCUT2D eigenvalue weighted by atomic mass is 16.2. The van der Waals surface area contributed by atoms with Crippen LogP contribution in [-0.4, -0.2) is 328 Å². The summed E-state index contributed by atoms with van der Waals surface area (Å²) < 4.78 is 0. The third-order valence-electron chi connectivity index (χ3n) is 18.7. The first-order valence-corrected chi connectivity index (χ1v) is 39.6. The van der Waals surface area contributed by atoms with Crippen LogP contribution in [0.5, 0.6) is 0 Å². The maximum atomic E-state index is 13.5. The molecule has 1 aliphatic heterocycles. The van der Waals surface area contributed by atoms with Crippen molar-refractivity contribution < 1.29 is 33.6 Å². The Hall–Kier alpha value is -3.91. The van der Waals surface area contributed by atoms with Gasteiger partial charge >= 0.3 is 0 Å². The normalized spacial score (nSPS) is 15.4. The molecule has 0 radical (unpaired) electrons. The Kier molecular flexibility index (Phi) is 71.9. The molecule has 0 aromatic rings.